The number of carboxylic acid groups (broad SMARTS) is 1. The molecule has 1 aliphatic rings. The molecule has 0 bridgehead atoms. The van der Waals surface area contributed by atoms with Crippen LogP contribution in [0.25, 0.3) is 0 Å². The van der Waals surface area contributed by atoms with Crippen molar-refractivity contribution in [1.29, 1.82) is 0 Å². The smallest absolute Gasteiger partial charge is 0.347 e. The van der Waals surface area contributed by atoms with E-state index in [0.717, 1.165) is 40.0 Å². The maximum absolute atomic E-state index is 11.1. The average molecular weight is 489 g/mol. The SMILES string of the molecule is Cc1nc(Nc2ccc(Br)cc2)sc1C(=O)O.NC(=O)C1NCCc2ccccc21. The molecule has 1 atom stereocenters. The van der Waals surface area contributed by atoms with Crippen molar-refractivity contribution in [3.05, 3.63) is 74.7 Å². The molecular weight excluding hydrogens is 468 g/mol. The van der Waals surface area contributed by atoms with Crippen molar-refractivity contribution in [1.82, 2.24) is 10.3 Å². The van der Waals surface area contributed by atoms with Crippen molar-refractivity contribution in [2.75, 3.05) is 11.9 Å². The monoisotopic (exact) mass is 488 g/mol. The van der Waals surface area contributed by atoms with Crippen LogP contribution in [-0.2, 0) is 11.2 Å². The molecule has 7 nitrogen and oxygen atoms in total. The number of anilines is 2. The minimum Gasteiger partial charge on any atom is -0.477 e. The average Bonchev–Trinajstić information content (AvgIpc) is 3.10. The number of nitrogens with two attached hydrogens (primary N) is 1. The number of halogens is 1. The maximum Gasteiger partial charge on any atom is 0.347 e. The van der Waals surface area contributed by atoms with Gasteiger partial charge in [0.25, 0.3) is 0 Å². The predicted molar refractivity (Wildman–Crippen MR) is 121 cm³/mol. The number of hydrogen-bond donors (Lipinski definition) is 4. The number of carbonyl (C=O) groups is 2. The van der Waals surface area contributed by atoms with Crippen LogP contribution in [0.5, 0.6) is 0 Å². The highest BCUT2D eigenvalue weighted by Crippen LogP contribution is 2.26. The van der Waals surface area contributed by atoms with Gasteiger partial charge in [0.15, 0.2) is 5.13 Å². The van der Waals surface area contributed by atoms with Gasteiger partial charge in [0, 0.05) is 16.7 Å². The van der Waals surface area contributed by atoms with E-state index in [0.29, 0.717) is 10.8 Å². The number of carbonyl (C=O) groups excluding carboxylic acids is 1. The van der Waals surface area contributed by atoms with Crippen LogP contribution < -0.4 is 16.4 Å². The molecular formula is C21H21BrN4O3S. The summed E-state index contributed by atoms with van der Waals surface area (Å²) in [6.07, 6.45) is 0.972. The van der Waals surface area contributed by atoms with E-state index in [1.807, 2.05) is 48.5 Å². The number of benzene rings is 2. The highest BCUT2D eigenvalue weighted by Gasteiger charge is 2.23. The van der Waals surface area contributed by atoms with Gasteiger partial charge in [-0.05, 0) is 48.7 Å². The summed E-state index contributed by atoms with van der Waals surface area (Å²) in [6, 6.07) is 15.2. The first-order valence-corrected chi connectivity index (χ1v) is 10.8. The van der Waals surface area contributed by atoms with E-state index >= 15 is 0 Å². The fraction of sp³-hybridized carbons (Fsp3) is 0.190. The third-order valence-electron chi connectivity index (χ3n) is 4.48. The van der Waals surface area contributed by atoms with Crippen LogP contribution in [0.15, 0.2) is 53.0 Å². The van der Waals surface area contributed by atoms with Crippen molar-refractivity contribution in [3.63, 3.8) is 0 Å². The van der Waals surface area contributed by atoms with Gasteiger partial charge in [0.05, 0.1) is 5.69 Å². The predicted octanol–water partition coefficient (Wildman–Crippen LogP) is 4.01. The number of thiazole rings is 1. The van der Waals surface area contributed by atoms with Crippen molar-refractivity contribution in [2.45, 2.75) is 19.4 Å². The van der Waals surface area contributed by atoms with E-state index in [2.05, 4.69) is 31.5 Å². The van der Waals surface area contributed by atoms with Crippen molar-refractivity contribution >= 4 is 50.0 Å². The number of nitrogens with zero attached hydrogens (tertiary/aromatic N) is 1. The summed E-state index contributed by atoms with van der Waals surface area (Å²) in [5.74, 6) is -1.24. The first-order chi connectivity index (χ1) is 14.3. The summed E-state index contributed by atoms with van der Waals surface area (Å²) in [6.45, 7) is 2.51. The van der Waals surface area contributed by atoms with Crippen LogP contribution in [0.2, 0.25) is 0 Å². The largest absolute Gasteiger partial charge is 0.477 e. The normalized spacial score (nSPS) is 14.8. The van der Waals surface area contributed by atoms with Gasteiger partial charge < -0.3 is 21.5 Å². The van der Waals surface area contributed by atoms with Crippen LogP contribution in [0.3, 0.4) is 0 Å². The molecule has 1 aromatic heterocycles. The molecule has 2 heterocycles. The van der Waals surface area contributed by atoms with Gasteiger partial charge in [-0.1, -0.05) is 51.5 Å². The number of primary amides is 1. The molecule has 0 saturated heterocycles. The Kier molecular flexibility index (Phi) is 7.20. The van der Waals surface area contributed by atoms with Crippen LogP contribution in [-0.4, -0.2) is 28.5 Å². The molecule has 5 N–H and O–H groups in total. The number of rotatable bonds is 4. The standard InChI is InChI=1S/C11H9BrN2O2S.C10H12N2O/c1-6-9(10(15)16)17-11(13-6)14-8-4-2-7(12)3-5-8;11-10(13)9-8-4-2-1-3-7(8)5-6-12-9/h2-5H,1H3,(H,13,14)(H,15,16);1-4,9,12H,5-6H2,(H2,11,13). The third-order valence-corrected chi connectivity index (χ3v) is 6.07. The molecule has 0 aliphatic carbocycles. The molecule has 30 heavy (non-hydrogen) atoms. The van der Waals surface area contributed by atoms with Gasteiger partial charge >= 0.3 is 5.97 Å². The Morgan fingerprint density at radius 2 is 1.93 bits per heavy atom. The number of carboxylic acids is 1. The van der Waals surface area contributed by atoms with E-state index < -0.39 is 5.97 Å². The second-order valence-corrected chi connectivity index (χ2v) is 8.52. The van der Waals surface area contributed by atoms with Gasteiger partial charge in [-0.3, -0.25) is 4.79 Å². The molecule has 0 radical (unpaired) electrons. The first kappa shape index (κ1) is 21.9. The summed E-state index contributed by atoms with van der Waals surface area (Å²) in [4.78, 5) is 26.4. The maximum atomic E-state index is 11.1. The number of aromatic nitrogens is 1. The zero-order valence-corrected chi connectivity index (χ0v) is 18.6. The zero-order valence-electron chi connectivity index (χ0n) is 16.2. The molecule has 156 valence electrons. The van der Waals surface area contributed by atoms with E-state index in [-0.39, 0.29) is 16.8 Å². The number of hydrogen-bond acceptors (Lipinski definition) is 6. The molecule has 9 heteroatoms. The summed E-state index contributed by atoms with van der Waals surface area (Å²) < 4.78 is 0.990. The summed E-state index contributed by atoms with van der Waals surface area (Å²) in [5, 5.41) is 15.7. The van der Waals surface area contributed by atoms with Gasteiger partial charge in [0.1, 0.15) is 10.9 Å². The van der Waals surface area contributed by atoms with Crippen molar-refractivity contribution in [2.24, 2.45) is 5.73 Å². The first-order valence-electron chi connectivity index (χ1n) is 9.19. The van der Waals surface area contributed by atoms with Crippen LogP contribution >= 0.6 is 27.3 Å². The lowest BCUT2D eigenvalue weighted by molar-refractivity contribution is -0.120. The van der Waals surface area contributed by atoms with E-state index in [9.17, 15) is 9.59 Å². The molecule has 1 amide bonds. The molecule has 1 unspecified atom stereocenters. The van der Waals surface area contributed by atoms with E-state index in [1.54, 1.807) is 6.92 Å². The minimum absolute atomic E-state index is 0.268. The number of fused-ring (bicyclic) bond motifs is 1. The van der Waals surface area contributed by atoms with E-state index in [1.165, 1.54) is 5.56 Å². The molecule has 4 rings (SSSR count). The molecule has 0 fully saturated rings. The van der Waals surface area contributed by atoms with E-state index in [4.69, 9.17) is 10.8 Å². The topological polar surface area (TPSA) is 117 Å². The van der Waals surface area contributed by atoms with Gasteiger partial charge in [-0.2, -0.15) is 0 Å². The Morgan fingerprint density at radius 3 is 2.57 bits per heavy atom. The van der Waals surface area contributed by atoms with Gasteiger partial charge in [-0.15, -0.1) is 0 Å². The lowest BCUT2D eigenvalue weighted by Gasteiger charge is -2.24. The molecule has 0 saturated carbocycles. The highest BCUT2D eigenvalue weighted by atomic mass is 79.9. The number of aryl methyl sites for hydroxylation is 1. The Morgan fingerprint density at radius 1 is 1.23 bits per heavy atom. The fourth-order valence-electron chi connectivity index (χ4n) is 3.06. The quantitative estimate of drug-likeness (QED) is 0.440. The molecule has 1 aliphatic heterocycles. The molecule has 3 aromatic rings. The molecule has 0 spiro atoms. The zero-order chi connectivity index (χ0) is 21.7. The Bertz CT molecular complexity index is 1050. The number of amides is 1. The summed E-state index contributed by atoms with van der Waals surface area (Å²) in [7, 11) is 0. The molecule has 2 aromatic carbocycles. The second-order valence-electron chi connectivity index (χ2n) is 6.61. The Labute approximate surface area is 186 Å². The lowest BCUT2D eigenvalue weighted by Crippen LogP contribution is -2.38. The Hall–Kier alpha value is -2.75. The highest BCUT2D eigenvalue weighted by molar-refractivity contribution is 9.10. The second kappa shape index (κ2) is 9.84. The number of aromatic carboxylic acids is 1. The summed E-state index contributed by atoms with van der Waals surface area (Å²) >= 11 is 4.48. The van der Waals surface area contributed by atoms with Crippen LogP contribution in [0.1, 0.15) is 32.5 Å². The Balaban J connectivity index is 0.000000177. The minimum atomic E-state index is -0.941. The van der Waals surface area contributed by atoms with Gasteiger partial charge in [0.2, 0.25) is 5.91 Å². The fourth-order valence-corrected chi connectivity index (χ4v) is 4.15. The third kappa shape index (κ3) is 5.44. The van der Waals surface area contributed by atoms with Gasteiger partial charge in [-0.25, -0.2) is 9.78 Å². The summed E-state index contributed by atoms with van der Waals surface area (Å²) in [5.41, 5.74) is 8.94. The lowest BCUT2D eigenvalue weighted by atomic mass is 9.94. The number of nitrogens with one attached hydrogen (secondary N) is 2. The van der Waals surface area contributed by atoms with Crippen LogP contribution in [0.4, 0.5) is 10.8 Å². The van der Waals surface area contributed by atoms with Crippen molar-refractivity contribution in [3.8, 4) is 0 Å². The van der Waals surface area contributed by atoms with Crippen LogP contribution in [0, 0.1) is 6.92 Å². The van der Waals surface area contributed by atoms with Crippen molar-refractivity contribution < 1.29 is 14.7 Å².